The summed E-state index contributed by atoms with van der Waals surface area (Å²) in [7, 11) is -3.54. The summed E-state index contributed by atoms with van der Waals surface area (Å²) in [5.41, 5.74) is 5.86. The minimum Gasteiger partial charge on any atom is -0.320 e. The Kier molecular flexibility index (Phi) is 5.40. The maximum atomic E-state index is 12.6. The average Bonchev–Trinajstić information content (AvgIpc) is 2.45. The average molecular weight is 306 g/mol. The summed E-state index contributed by atoms with van der Waals surface area (Å²) in [5, 5.41) is 0. The molecule has 1 aromatic rings. The number of hydrogen-bond acceptors (Lipinski definition) is 3. The van der Waals surface area contributed by atoms with E-state index in [1.807, 2.05) is 0 Å². The van der Waals surface area contributed by atoms with Crippen LogP contribution in [0.15, 0.2) is 29.2 Å². The van der Waals surface area contributed by atoms with Crippen LogP contribution < -0.4 is 10.5 Å². The zero-order valence-corrected chi connectivity index (χ0v) is 13.1. The van der Waals surface area contributed by atoms with Gasteiger partial charge in [-0.1, -0.05) is 43.7 Å². The van der Waals surface area contributed by atoms with Crippen molar-refractivity contribution < 1.29 is 8.42 Å². The number of sulfonamides is 1. The zero-order chi connectivity index (χ0) is 15.3. The molecule has 0 saturated heterocycles. The molecule has 1 fully saturated rings. The van der Waals surface area contributed by atoms with Crippen molar-refractivity contribution in [1.82, 2.24) is 4.72 Å². The Morgan fingerprint density at radius 3 is 2.81 bits per heavy atom. The lowest BCUT2D eigenvalue weighted by atomic mass is 9.88. The fourth-order valence-electron chi connectivity index (χ4n) is 2.77. The molecule has 2 atom stereocenters. The first-order valence-electron chi connectivity index (χ1n) is 7.33. The second-order valence-electron chi connectivity index (χ2n) is 5.59. The van der Waals surface area contributed by atoms with E-state index < -0.39 is 10.0 Å². The molecule has 1 aliphatic carbocycles. The van der Waals surface area contributed by atoms with E-state index in [0.717, 1.165) is 19.3 Å². The van der Waals surface area contributed by atoms with E-state index in [9.17, 15) is 8.42 Å². The number of nitrogens with one attached hydrogen (secondary N) is 1. The molecule has 3 N–H and O–H groups in total. The largest absolute Gasteiger partial charge is 0.320 e. The van der Waals surface area contributed by atoms with Crippen LogP contribution in [0.3, 0.4) is 0 Å². The Labute approximate surface area is 127 Å². The first-order chi connectivity index (χ1) is 10.0. The molecular weight excluding hydrogens is 284 g/mol. The Morgan fingerprint density at radius 2 is 2.10 bits per heavy atom. The normalized spacial score (nSPS) is 22.4. The third kappa shape index (κ3) is 4.31. The molecule has 2 unspecified atom stereocenters. The molecule has 21 heavy (non-hydrogen) atoms. The van der Waals surface area contributed by atoms with E-state index in [-0.39, 0.29) is 17.5 Å². The lowest BCUT2D eigenvalue weighted by Crippen LogP contribution is -2.38. The summed E-state index contributed by atoms with van der Waals surface area (Å²) in [4.78, 5) is 0.240. The molecule has 1 aliphatic rings. The van der Waals surface area contributed by atoms with Crippen LogP contribution >= 0.6 is 0 Å². The van der Waals surface area contributed by atoms with Gasteiger partial charge in [0.15, 0.2) is 0 Å². The predicted molar refractivity (Wildman–Crippen MR) is 84.1 cm³/mol. The van der Waals surface area contributed by atoms with Gasteiger partial charge in [0.1, 0.15) is 0 Å². The maximum absolute atomic E-state index is 12.6. The summed E-state index contributed by atoms with van der Waals surface area (Å²) in [6.07, 6.45) is 4.05. The smallest absolute Gasteiger partial charge is 0.242 e. The van der Waals surface area contributed by atoms with Crippen LogP contribution in [-0.4, -0.2) is 21.0 Å². The van der Waals surface area contributed by atoms with Gasteiger partial charge in [-0.05, 0) is 30.9 Å². The van der Waals surface area contributed by atoms with Gasteiger partial charge in [-0.3, -0.25) is 0 Å². The fraction of sp³-hybridized carbons (Fsp3) is 0.500. The SMILES string of the molecule is CC1CCCC(NS(=O)(=O)c2ccccc2C#CCN)C1. The third-order valence-electron chi connectivity index (χ3n) is 3.76. The molecule has 0 aliphatic heterocycles. The van der Waals surface area contributed by atoms with Crippen molar-refractivity contribution in [1.29, 1.82) is 0 Å². The van der Waals surface area contributed by atoms with Crippen LogP contribution in [0, 0.1) is 17.8 Å². The van der Waals surface area contributed by atoms with Crippen LogP contribution in [-0.2, 0) is 10.0 Å². The van der Waals surface area contributed by atoms with Crippen molar-refractivity contribution in [3.05, 3.63) is 29.8 Å². The van der Waals surface area contributed by atoms with E-state index in [2.05, 4.69) is 23.5 Å². The number of rotatable bonds is 3. The van der Waals surface area contributed by atoms with Gasteiger partial charge in [0, 0.05) is 11.6 Å². The molecule has 0 heterocycles. The molecule has 2 rings (SSSR count). The van der Waals surface area contributed by atoms with Gasteiger partial charge >= 0.3 is 0 Å². The molecule has 0 bridgehead atoms. The molecule has 0 radical (unpaired) electrons. The van der Waals surface area contributed by atoms with Gasteiger partial charge in [-0.2, -0.15) is 0 Å². The lowest BCUT2D eigenvalue weighted by Gasteiger charge is -2.27. The molecule has 114 valence electrons. The molecular formula is C16H22N2O2S. The summed E-state index contributed by atoms with van der Waals surface area (Å²) in [6, 6.07) is 6.82. The van der Waals surface area contributed by atoms with Crippen LogP contribution in [0.1, 0.15) is 38.2 Å². The van der Waals surface area contributed by atoms with E-state index in [4.69, 9.17) is 5.73 Å². The molecule has 1 aromatic carbocycles. The van der Waals surface area contributed by atoms with Gasteiger partial charge in [-0.25, -0.2) is 13.1 Å². The quantitative estimate of drug-likeness (QED) is 0.837. The monoisotopic (exact) mass is 306 g/mol. The van der Waals surface area contributed by atoms with Crippen molar-refractivity contribution in [2.45, 2.75) is 43.5 Å². The first kappa shape index (κ1) is 16.0. The molecule has 0 aromatic heterocycles. The Morgan fingerprint density at radius 1 is 1.33 bits per heavy atom. The van der Waals surface area contributed by atoms with Crippen LogP contribution in [0.4, 0.5) is 0 Å². The summed E-state index contributed by atoms with van der Waals surface area (Å²) in [6.45, 7) is 2.38. The highest BCUT2D eigenvalue weighted by atomic mass is 32.2. The van der Waals surface area contributed by atoms with Crippen molar-refractivity contribution in [3.63, 3.8) is 0 Å². The molecule has 5 heteroatoms. The van der Waals surface area contributed by atoms with Crippen molar-refractivity contribution in [2.75, 3.05) is 6.54 Å². The van der Waals surface area contributed by atoms with Crippen LogP contribution in [0.25, 0.3) is 0 Å². The summed E-state index contributed by atoms with van der Waals surface area (Å²) < 4.78 is 28.0. The number of benzene rings is 1. The van der Waals surface area contributed by atoms with Crippen molar-refractivity contribution >= 4 is 10.0 Å². The van der Waals surface area contributed by atoms with Crippen molar-refractivity contribution in [2.24, 2.45) is 11.7 Å². The first-order valence-corrected chi connectivity index (χ1v) is 8.81. The Bertz CT molecular complexity index is 644. The molecule has 4 nitrogen and oxygen atoms in total. The van der Waals surface area contributed by atoms with E-state index in [1.54, 1.807) is 24.3 Å². The Hall–Kier alpha value is -1.35. The van der Waals surface area contributed by atoms with Gasteiger partial charge in [0.2, 0.25) is 10.0 Å². The highest BCUT2D eigenvalue weighted by Crippen LogP contribution is 2.25. The van der Waals surface area contributed by atoms with Crippen LogP contribution in [0.5, 0.6) is 0 Å². The van der Waals surface area contributed by atoms with E-state index >= 15 is 0 Å². The number of hydrogen-bond donors (Lipinski definition) is 2. The molecule has 0 spiro atoms. The second kappa shape index (κ2) is 7.08. The van der Waals surface area contributed by atoms with Crippen molar-refractivity contribution in [3.8, 4) is 11.8 Å². The zero-order valence-electron chi connectivity index (χ0n) is 12.3. The third-order valence-corrected chi connectivity index (χ3v) is 5.34. The van der Waals surface area contributed by atoms with Gasteiger partial charge in [0.25, 0.3) is 0 Å². The topological polar surface area (TPSA) is 72.2 Å². The highest BCUT2D eigenvalue weighted by Gasteiger charge is 2.25. The van der Waals surface area contributed by atoms with Gasteiger partial charge < -0.3 is 5.73 Å². The van der Waals surface area contributed by atoms with E-state index in [1.165, 1.54) is 6.42 Å². The van der Waals surface area contributed by atoms with E-state index in [0.29, 0.717) is 11.5 Å². The number of nitrogens with two attached hydrogens (primary N) is 1. The van der Waals surface area contributed by atoms with Gasteiger partial charge in [-0.15, -0.1) is 0 Å². The standard InChI is InChI=1S/C16H22N2O2S/c1-13-6-4-9-15(12-13)18-21(19,20)16-10-3-2-7-14(16)8-5-11-17/h2-3,7,10,13,15,18H,4,6,9,11-12,17H2,1H3. The fourth-order valence-corrected chi connectivity index (χ4v) is 4.22. The minimum atomic E-state index is -3.54. The highest BCUT2D eigenvalue weighted by molar-refractivity contribution is 7.89. The van der Waals surface area contributed by atoms with Gasteiger partial charge in [0.05, 0.1) is 11.4 Å². The summed E-state index contributed by atoms with van der Waals surface area (Å²) in [5.74, 6) is 6.11. The molecule has 1 saturated carbocycles. The predicted octanol–water partition coefficient (Wildman–Crippen LogP) is 1.85. The minimum absolute atomic E-state index is 0.0225. The van der Waals surface area contributed by atoms with Crippen LogP contribution in [0.2, 0.25) is 0 Å². The molecule has 0 amide bonds. The maximum Gasteiger partial charge on any atom is 0.242 e. The summed E-state index contributed by atoms with van der Waals surface area (Å²) >= 11 is 0. The Balaban J connectivity index is 2.23. The lowest BCUT2D eigenvalue weighted by molar-refractivity contribution is 0.327. The second-order valence-corrected chi connectivity index (χ2v) is 7.27.